The lowest BCUT2D eigenvalue weighted by molar-refractivity contribution is -0.149. The molecule has 1 atom stereocenters. The van der Waals surface area contributed by atoms with Crippen LogP contribution in [0.3, 0.4) is 0 Å². The van der Waals surface area contributed by atoms with Gasteiger partial charge in [0.1, 0.15) is 31.5 Å². The molecule has 0 spiro atoms. The predicted molar refractivity (Wildman–Crippen MR) is 129 cm³/mol. The molecule has 0 saturated heterocycles. The Morgan fingerprint density at radius 2 is 1.51 bits per heavy atom. The number of halogens is 3. The highest BCUT2D eigenvalue weighted by molar-refractivity contribution is 6.67. The smallest absolute Gasteiger partial charge is 0.407 e. The van der Waals surface area contributed by atoms with Crippen molar-refractivity contribution in [3.8, 4) is 11.1 Å². The second-order valence-electron chi connectivity index (χ2n) is 7.74. The second kappa shape index (κ2) is 11.7. The number of ether oxygens (including phenoxy) is 3. The van der Waals surface area contributed by atoms with E-state index in [1.165, 1.54) is 0 Å². The van der Waals surface area contributed by atoms with E-state index < -0.39 is 53.1 Å². The van der Waals surface area contributed by atoms with Crippen molar-refractivity contribution in [3.05, 3.63) is 59.7 Å². The molecule has 1 aliphatic rings. The first-order valence-electron chi connectivity index (χ1n) is 10.5. The van der Waals surface area contributed by atoms with Gasteiger partial charge in [0, 0.05) is 12.3 Å². The summed E-state index contributed by atoms with van der Waals surface area (Å²) in [5, 5.41) is 2.31. The van der Waals surface area contributed by atoms with Gasteiger partial charge < -0.3 is 19.5 Å². The van der Waals surface area contributed by atoms with Gasteiger partial charge in [-0.25, -0.2) is 9.59 Å². The largest absolute Gasteiger partial charge is 0.469 e. The third kappa shape index (κ3) is 7.34. The van der Waals surface area contributed by atoms with Crippen LogP contribution in [0.5, 0.6) is 0 Å². The van der Waals surface area contributed by atoms with Gasteiger partial charge in [0.2, 0.25) is 3.79 Å². The molecular formula is C24H22Cl3NO7. The number of esters is 2. The van der Waals surface area contributed by atoms with Gasteiger partial charge >= 0.3 is 18.0 Å². The third-order valence-electron chi connectivity index (χ3n) is 5.30. The van der Waals surface area contributed by atoms with Crippen molar-refractivity contribution in [3.63, 3.8) is 0 Å². The van der Waals surface area contributed by atoms with Crippen LogP contribution in [0.25, 0.3) is 11.1 Å². The standard InChI is InChI=1S/C24H22Cl3NO7/c1-33-21(30)11-14(29)10-20(22(31)35-13-24(25,26)27)28-23(32)34-12-19-17-8-4-2-6-15(17)16-7-3-5-9-18(16)19/h2-9,19-20H,10-13H2,1H3,(H,28,32)/t20-/m0/s1. The predicted octanol–water partition coefficient (Wildman–Crippen LogP) is 4.33. The van der Waals surface area contributed by atoms with Gasteiger partial charge in [0.15, 0.2) is 0 Å². The summed E-state index contributed by atoms with van der Waals surface area (Å²) >= 11 is 16.8. The minimum atomic E-state index is -1.89. The van der Waals surface area contributed by atoms with Gasteiger partial charge in [-0.1, -0.05) is 83.3 Å². The number of fused-ring (bicyclic) bond motifs is 3. The number of methoxy groups -OCH3 is 1. The first-order chi connectivity index (χ1) is 16.6. The van der Waals surface area contributed by atoms with Crippen LogP contribution in [0.2, 0.25) is 0 Å². The van der Waals surface area contributed by atoms with Crippen LogP contribution in [0.4, 0.5) is 4.79 Å². The molecule has 2 aromatic carbocycles. The van der Waals surface area contributed by atoms with Crippen molar-refractivity contribution in [1.29, 1.82) is 0 Å². The average Bonchev–Trinajstić information content (AvgIpc) is 3.14. The summed E-state index contributed by atoms with van der Waals surface area (Å²) < 4.78 is 12.9. The highest BCUT2D eigenvalue weighted by Crippen LogP contribution is 2.44. The highest BCUT2D eigenvalue weighted by Gasteiger charge is 2.32. The van der Waals surface area contributed by atoms with Crippen molar-refractivity contribution in [2.24, 2.45) is 0 Å². The fourth-order valence-corrected chi connectivity index (χ4v) is 3.93. The van der Waals surface area contributed by atoms with E-state index in [0.29, 0.717) is 0 Å². The van der Waals surface area contributed by atoms with Crippen molar-refractivity contribution in [2.45, 2.75) is 28.6 Å². The maximum absolute atomic E-state index is 12.6. The topological polar surface area (TPSA) is 108 Å². The van der Waals surface area contributed by atoms with E-state index in [1.54, 1.807) is 0 Å². The average molecular weight is 543 g/mol. The minimum Gasteiger partial charge on any atom is -0.469 e. The number of amides is 1. The lowest BCUT2D eigenvalue weighted by Gasteiger charge is -2.20. The molecule has 0 fully saturated rings. The molecule has 0 heterocycles. The molecule has 11 heteroatoms. The number of hydrogen-bond donors (Lipinski definition) is 1. The number of alkyl halides is 3. The summed E-state index contributed by atoms with van der Waals surface area (Å²) in [7, 11) is 1.12. The molecule has 186 valence electrons. The SMILES string of the molecule is COC(=O)CC(=O)C[C@H](NC(=O)OCC1c2ccccc2-c2ccccc21)C(=O)OCC(Cl)(Cl)Cl. The maximum Gasteiger partial charge on any atom is 0.407 e. The van der Waals surface area contributed by atoms with Crippen LogP contribution in [-0.2, 0) is 28.6 Å². The minimum absolute atomic E-state index is 0.00805. The molecule has 0 aromatic heterocycles. The van der Waals surface area contributed by atoms with Crippen LogP contribution < -0.4 is 5.32 Å². The van der Waals surface area contributed by atoms with Gasteiger partial charge in [-0.15, -0.1) is 0 Å². The molecule has 0 unspecified atom stereocenters. The van der Waals surface area contributed by atoms with Gasteiger partial charge in [-0.2, -0.15) is 0 Å². The lowest BCUT2D eigenvalue weighted by atomic mass is 9.98. The molecular weight excluding hydrogens is 521 g/mol. The van der Waals surface area contributed by atoms with Crippen LogP contribution in [0.1, 0.15) is 29.9 Å². The van der Waals surface area contributed by atoms with Crippen LogP contribution in [0, 0.1) is 0 Å². The zero-order chi connectivity index (χ0) is 25.6. The fourth-order valence-electron chi connectivity index (χ4n) is 3.76. The number of carbonyl (C=O) groups excluding carboxylic acids is 4. The molecule has 8 nitrogen and oxygen atoms in total. The molecule has 0 aliphatic heterocycles. The van der Waals surface area contributed by atoms with Crippen molar-refractivity contribution in [2.75, 3.05) is 20.3 Å². The number of carbonyl (C=O) groups is 4. The molecule has 0 radical (unpaired) electrons. The summed E-state index contributed by atoms with van der Waals surface area (Å²) in [6, 6.07) is 14.1. The summed E-state index contributed by atoms with van der Waals surface area (Å²) in [4.78, 5) is 48.6. The summed E-state index contributed by atoms with van der Waals surface area (Å²) in [5.74, 6) is -2.68. The van der Waals surface area contributed by atoms with Gasteiger partial charge in [0.25, 0.3) is 0 Å². The number of alkyl carbamates (subject to hydrolysis) is 1. The second-order valence-corrected chi connectivity index (χ2v) is 10.3. The maximum atomic E-state index is 12.6. The van der Waals surface area contributed by atoms with E-state index in [1.807, 2.05) is 48.5 Å². The fraction of sp³-hybridized carbons (Fsp3) is 0.333. The monoisotopic (exact) mass is 541 g/mol. The van der Waals surface area contributed by atoms with Gasteiger partial charge in [-0.3, -0.25) is 9.59 Å². The number of Topliss-reactive ketones (excluding diaryl/α,β-unsaturated/α-hetero) is 1. The van der Waals surface area contributed by atoms with E-state index >= 15 is 0 Å². The molecule has 1 N–H and O–H groups in total. The number of benzene rings is 2. The number of hydrogen-bond acceptors (Lipinski definition) is 7. The molecule has 3 rings (SSSR count). The Morgan fingerprint density at radius 3 is 2.06 bits per heavy atom. The van der Waals surface area contributed by atoms with E-state index in [0.717, 1.165) is 29.4 Å². The van der Waals surface area contributed by atoms with Crippen molar-refractivity contribution >= 4 is 58.6 Å². The molecule has 0 saturated carbocycles. The number of rotatable bonds is 9. The molecule has 2 aromatic rings. The quantitative estimate of drug-likeness (QED) is 0.217. The Morgan fingerprint density at radius 1 is 0.943 bits per heavy atom. The normalized spacial score (nSPS) is 13.3. The van der Waals surface area contributed by atoms with Crippen LogP contribution in [0.15, 0.2) is 48.5 Å². The van der Waals surface area contributed by atoms with E-state index in [2.05, 4.69) is 10.1 Å². The van der Waals surface area contributed by atoms with Crippen molar-refractivity contribution in [1.82, 2.24) is 5.32 Å². The zero-order valence-electron chi connectivity index (χ0n) is 18.6. The van der Waals surface area contributed by atoms with Gasteiger partial charge in [0.05, 0.1) is 7.11 Å². The summed E-state index contributed by atoms with van der Waals surface area (Å²) in [5.41, 5.74) is 4.12. The Kier molecular flexibility index (Phi) is 8.99. The highest BCUT2D eigenvalue weighted by atomic mass is 35.6. The summed E-state index contributed by atoms with van der Waals surface area (Å²) in [6.45, 7) is -0.615. The lowest BCUT2D eigenvalue weighted by Crippen LogP contribution is -2.44. The van der Waals surface area contributed by atoms with Gasteiger partial charge in [-0.05, 0) is 22.3 Å². The van der Waals surface area contributed by atoms with E-state index in [4.69, 9.17) is 44.3 Å². The van der Waals surface area contributed by atoms with Crippen LogP contribution in [-0.4, -0.2) is 54.0 Å². The Hall–Kier alpha value is -2.81. The first-order valence-corrected chi connectivity index (χ1v) is 11.7. The Balaban J connectivity index is 1.67. The summed E-state index contributed by atoms with van der Waals surface area (Å²) in [6.07, 6.45) is -2.08. The van der Waals surface area contributed by atoms with Crippen molar-refractivity contribution < 1.29 is 33.4 Å². The molecule has 35 heavy (non-hydrogen) atoms. The molecule has 0 bridgehead atoms. The van der Waals surface area contributed by atoms with E-state index in [-0.39, 0.29) is 12.5 Å². The molecule has 1 aliphatic carbocycles. The van der Waals surface area contributed by atoms with Crippen LogP contribution >= 0.6 is 34.8 Å². The molecule has 1 amide bonds. The Bertz CT molecular complexity index is 1070. The first kappa shape index (κ1) is 26.8. The number of nitrogens with one attached hydrogen (secondary N) is 1. The van der Waals surface area contributed by atoms with E-state index in [9.17, 15) is 19.2 Å². The zero-order valence-corrected chi connectivity index (χ0v) is 20.9. The number of ketones is 1. The third-order valence-corrected chi connectivity index (χ3v) is 5.63. The Labute approximate surface area is 216 Å².